The van der Waals surface area contributed by atoms with Gasteiger partial charge in [0.25, 0.3) is 5.91 Å². The smallest absolute Gasteiger partial charge is 0.270 e. The lowest BCUT2D eigenvalue weighted by atomic mass is 9.90. The molecule has 1 atom stereocenters. The second kappa shape index (κ2) is 11.0. The molecule has 0 aromatic heterocycles. The van der Waals surface area contributed by atoms with Gasteiger partial charge in [0.2, 0.25) is 5.91 Å². The minimum absolute atomic E-state index is 0.0110. The fraction of sp³-hybridized carbons (Fsp3) is 0.519. The quantitative estimate of drug-likeness (QED) is 0.629. The number of amides is 2. The summed E-state index contributed by atoms with van der Waals surface area (Å²) < 4.78 is 0. The summed E-state index contributed by atoms with van der Waals surface area (Å²) in [6, 6.07) is 4.30. The molecular formula is C27H38N4O3. The summed E-state index contributed by atoms with van der Waals surface area (Å²) >= 11 is 0. The molecule has 7 nitrogen and oxygen atoms in total. The van der Waals surface area contributed by atoms with E-state index in [0.717, 1.165) is 42.5 Å². The van der Waals surface area contributed by atoms with Gasteiger partial charge in [-0.2, -0.15) is 0 Å². The zero-order valence-electron chi connectivity index (χ0n) is 21.0. The average Bonchev–Trinajstić information content (AvgIpc) is 3.31. The molecule has 34 heavy (non-hydrogen) atoms. The first-order valence-corrected chi connectivity index (χ1v) is 12.2. The van der Waals surface area contributed by atoms with Crippen molar-refractivity contribution in [2.45, 2.75) is 59.4 Å². The minimum Gasteiger partial charge on any atom is -0.394 e. The van der Waals surface area contributed by atoms with E-state index in [-0.39, 0.29) is 23.6 Å². The van der Waals surface area contributed by atoms with Gasteiger partial charge in [-0.1, -0.05) is 31.2 Å². The van der Waals surface area contributed by atoms with Gasteiger partial charge in [-0.15, -0.1) is 0 Å². The SMILES string of the molecule is C=C(C)c1ccc(C(CC)N=C2CCCC2=C(N)C(=O)N2CCN(C(=O)CO)CC2)c(C)c1C. The average molecular weight is 467 g/mol. The molecule has 2 amide bonds. The highest BCUT2D eigenvalue weighted by Gasteiger charge is 2.29. The number of rotatable bonds is 6. The number of aliphatic hydroxyl groups is 1. The highest BCUT2D eigenvalue weighted by atomic mass is 16.3. The van der Waals surface area contributed by atoms with E-state index in [1.807, 2.05) is 6.92 Å². The summed E-state index contributed by atoms with van der Waals surface area (Å²) in [5, 5.41) is 9.05. The van der Waals surface area contributed by atoms with E-state index in [9.17, 15) is 9.59 Å². The van der Waals surface area contributed by atoms with Crippen molar-refractivity contribution in [3.8, 4) is 0 Å². The van der Waals surface area contributed by atoms with Crippen LogP contribution in [0.5, 0.6) is 0 Å². The van der Waals surface area contributed by atoms with Crippen LogP contribution in [0.1, 0.15) is 67.8 Å². The van der Waals surface area contributed by atoms with Crippen LogP contribution in [0.4, 0.5) is 0 Å². The summed E-state index contributed by atoms with van der Waals surface area (Å²) in [5.74, 6) is -0.498. The predicted molar refractivity (Wildman–Crippen MR) is 136 cm³/mol. The maximum Gasteiger partial charge on any atom is 0.270 e. The van der Waals surface area contributed by atoms with Crippen LogP contribution in [-0.2, 0) is 9.59 Å². The number of nitrogens with two attached hydrogens (primary N) is 1. The molecule has 1 aliphatic carbocycles. The molecule has 2 aliphatic rings. The van der Waals surface area contributed by atoms with Crippen LogP contribution in [0.15, 0.2) is 35.0 Å². The van der Waals surface area contributed by atoms with Gasteiger partial charge in [-0.25, -0.2) is 0 Å². The number of piperazine rings is 1. The molecular weight excluding hydrogens is 428 g/mol. The third-order valence-corrected chi connectivity index (χ3v) is 7.15. The third-order valence-electron chi connectivity index (χ3n) is 7.15. The van der Waals surface area contributed by atoms with Gasteiger partial charge < -0.3 is 20.6 Å². The highest BCUT2D eigenvalue weighted by molar-refractivity contribution is 6.09. The molecule has 7 heteroatoms. The molecule has 1 unspecified atom stereocenters. The Kier molecular flexibility index (Phi) is 8.31. The lowest BCUT2D eigenvalue weighted by Crippen LogP contribution is -2.52. The van der Waals surface area contributed by atoms with Gasteiger partial charge in [0, 0.05) is 37.5 Å². The first-order chi connectivity index (χ1) is 16.2. The number of carbonyl (C=O) groups excluding carboxylic acids is 2. The first-order valence-electron chi connectivity index (χ1n) is 12.2. The zero-order chi connectivity index (χ0) is 25.0. The van der Waals surface area contributed by atoms with Gasteiger partial charge in [-0.3, -0.25) is 14.6 Å². The van der Waals surface area contributed by atoms with Gasteiger partial charge in [0.15, 0.2) is 0 Å². The Morgan fingerprint density at radius 2 is 1.76 bits per heavy atom. The molecule has 1 heterocycles. The van der Waals surface area contributed by atoms with E-state index in [4.69, 9.17) is 15.8 Å². The Morgan fingerprint density at radius 3 is 2.35 bits per heavy atom. The van der Waals surface area contributed by atoms with E-state index in [0.29, 0.717) is 26.2 Å². The fourth-order valence-electron chi connectivity index (χ4n) is 4.95. The largest absolute Gasteiger partial charge is 0.394 e. The minimum atomic E-state index is -0.506. The standard InChI is InChI=1S/C27H38N4O3/c1-6-23(21-11-10-20(17(2)3)18(4)19(21)5)29-24-9-7-8-22(24)26(28)27(34)31-14-12-30(13-15-31)25(33)16-32/h10-11,23,32H,2,6-9,12-16,28H2,1,3-5H3. The second-order valence-electron chi connectivity index (χ2n) is 9.31. The molecule has 2 fully saturated rings. The van der Waals surface area contributed by atoms with Crippen molar-refractivity contribution in [3.05, 3.63) is 52.2 Å². The van der Waals surface area contributed by atoms with Crippen LogP contribution < -0.4 is 5.73 Å². The number of hydrogen-bond donors (Lipinski definition) is 2. The van der Waals surface area contributed by atoms with Gasteiger partial charge in [-0.05, 0) is 68.7 Å². The van der Waals surface area contributed by atoms with Gasteiger partial charge in [0.1, 0.15) is 12.3 Å². The van der Waals surface area contributed by atoms with Crippen molar-refractivity contribution in [1.82, 2.24) is 9.80 Å². The van der Waals surface area contributed by atoms with E-state index < -0.39 is 6.61 Å². The number of nitrogens with zero attached hydrogens (tertiary/aromatic N) is 3. The number of aliphatic hydroxyl groups excluding tert-OH is 1. The number of hydrogen-bond acceptors (Lipinski definition) is 5. The molecule has 3 N–H and O–H groups in total. The lowest BCUT2D eigenvalue weighted by Gasteiger charge is -2.34. The number of allylic oxidation sites excluding steroid dienone is 2. The molecule has 184 valence electrons. The first kappa shape index (κ1) is 25.7. The van der Waals surface area contributed by atoms with Crippen LogP contribution in [0, 0.1) is 13.8 Å². The Balaban J connectivity index is 1.83. The Labute approximate surface area is 203 Å². The second-order valence-corrected chi connectivity index (χ2v) is 9.31. The maximum atomic E-state index is 13.1. The zero-order valence-corrected chi connectivity index (χ0v) is 21.0. The van der Waals surface area contributed by atoms with E-state index in [1.54, 1.807) is 9.80 Å². The number of aliphatic imine (C=N–C) groups is 1. The van der Waals surface area contributed by atoms with Crippen molar-refractivity contribution in [3.63, 3.8) is 0 Å². The number of carbonyl (C=O) groups is 2. The molecule has 0 spiro atoms. The molecule has 1 aromatic carbocycles. The summed E-state index contributed by atoms with van der Waals surface area (Å²) in [4.78, 5) is 33.2. The van der Waals surface area contributed by atoms with Crippen molar-refractivity contribution in [2.24, 2.45) is 10.7 Å². The molecule has 0 radical (unpaired) electrons. The van der Waals surface area contributed by atoms with Crippen LogP contribution in [0.2, 0.25) is 0 Å². The summed E-state index contributed by atoms with van der Waals surface area (Å²) in [6.07, 6.45) is 3.37. The van der Waals surface area contributed by atoms with Crippen LogP contribution in [0.25, 0.3) is 5.57 Å². The molecule has 1 aliphatic heterocycles. The van der Waals surface area contributed by atoms with Crippen LogP contribution in [0.3, 0.4) is 0 Å². The van der Waals surface area contributed by atoms with Crippen molar-refractivity contribution >= 4 is 23.1 Å². The van der Waals surface area contributed by atoms with Crippen molar-refractivity contribution in [2.75, 3.05) is 32.8 Å². The molecule has 1 aromatic rings. The van der Waals surface area contributed by atoms with E-state index >= 15 is 0 Å². The van der Waals surface area contributed by atoms with E-state index in [1.165, 1.54) is 22.3 Å². The van der Waals surface area contributed by atoms with Crippen molar-refractivity contribution < 1.29 is 14.7 Å². The molecule has 3 rings (SSSR count). The topological polar surface area (TPSA) is 99.2 Å². The maximum absolute atomic E-state index is 13.1. The van der Waals surface area contributed by atoms with Crippen molar-refractivity contribution in [1.29, 1.82) is 0 Å². The number of benzene rings is 1. The van der Waals surface area contributed by atoms with E-state index in [2.05, 4.69) is 39.5 Å². The fourth-order valence-corrected chi connectivity index (χ4v) is 4.95. The van der Waals surface area contributed by atoms with Crippen LogP contribution in [-0.4, -0.2) is 65.2 Å². The summed E-state index contributed by atoms with van der Waals surface area (Å²) in [7, 11) is 0. The Morgan fingerprint density at radius 1 is 1.12 bits per heavy atom. The van der Waals surface area contributed by atoms with Gasteiger partial charge >= 0.3 is 0 Å². The molecule has 0 bridgehead atoms. The van der Waals surface area contributed by atoms with Gasteiger partial charge in [0.05, 0.1) is 6.04 Å². The summed E-state index contributed by atoms with van der Waals surface area (Å²) in [5.41, 5.74) is 14.4. The Hall–Kier alpha value is -2.93. The Bertz CT molecular complexity index is 1030. The molecule has 1 saturated heterocycles. The third kappa shape index (κ3) is 5.25. The summed E-state index contributed by atoms with van der Waals surface area (Å²) in [6.45, 7) is 13.7. The predicted octanol–water partition coefficient (Wildman–Crippen LogP) is 3.29. The van der Waals surface area contributed by atoms with Crippen LogP contribution >= 0.6 is 0 Å². The lowest BCUT2D eigenvalue weighted by molar-refractivity contribution is -0.139. The highest BCUT2D eigenvalue weighted by Crippen LogP contribution is 2.33. The normalized spacial score (nSPS) is 20.0. The monoisotopic (exact) mass is 466 g/mol. The molecule has 1 saturated carbocycles.